The van der Waals surface area contributed by atoms with Gasteiger partial charge in [0.15, 0.2) is 5.78 Å². The minimum atomic E-state index is 0.102. The van der Waals surface area contributed by atoms with Crippen molar-refractivity contribution in [3.63, 3.8) is 0 Å². The molecule has 1 heterocycles. The number of hydrogen-bond acceptors (Lipinski definition) is 5. The number of ketones is 1. The van der Waals surface area contributed by atoms with Crippen LogP contribution < -0.4 is 4.74 Å². The summed E-state index contributed by atoms with van der Waals surface area (Å²) in [4.78, 5) is 16.5. The first-order chi connectivity index (χ1) is 14.1. The lowest BCUT2D eigenvalue weighted by atomic mass is 10.0. The number of carbonyl (C=O) groups excluding carboxylic acids is 1. The fourth-order valence-corrected chi connectivity index (χ4v) is 3.97. The molecule has 3 rings (SSSR count). The van der Waals surface area contributed by atoms with Gasteiger partial charge in [-0.1, -0.05) is 30.3 Å². The highest BCUT2D eigenvalue weighted by Crippen LogP contribution is 2.20. The van der Waals surface area contributed by atoms with Crippen LogP contribution >= 0.6 is 0 Å². The van der Waals surface area contributed by atoms with E-state index >= 15 is 0 Å². The van der Waals surface area contributed by atoms with Crippen LogP contribution in [-0.4, -0.2) is 59.6 Å². The van der Waals surface area contributed by atoms with Gasteiger partial charge in [-0.25, -0.2) is 0 Å². The highest BCUT2D eigenvalue weighted by atomic mass is 16.5. The van der Waals surface area contributed by atoms with E-state index < -0.39 is 0 Å². The number of piperazine rings is 1. The number of aliphatic hydroxyl groups is 1. The number of benzene rings is 2. The van der Waals surface area contributed by atoms with E-state index in [9.17, 15) is 9.90 Å². The predicted molar refractivity (Wildman–Crippen MR) is 115 cm³/mol. The highest BCUT2D eigenvalue weighted by Gasteiger charge is 2.26. The fraction of sp³-hybridized carbons (Fsp3) is 0.458. The molecule has 5 heteroatoms. The van der Waals surface area contributed by atoms with Crippen LogP contribution in [0.1, 0.15) is 41.8 Å². The minimum absolute atomic E-state index is 0.102. The molecule has 0 saturated carbocycles. The molecule has 2 aromatic rings. The standard InChI is InChI=1S/C24H32N2O3/c1-3-29-24-9-7-20(8-10-24)17-26-13-12-25(18-23(26)11-14-27)16-21-5-4-6-22(15-21)19(2)28/h4-10,15,23,27H,3,11-14,16-18H2,1-2H3/t23-/m1/s1. The van der Waals surface area contributed by atoms with Crippen molar-refractivity contribution < 1.29 is 14.6 Å². The van der Waals surface area contributed by atoms with Crippen LogP contribution in [0.4, 0.5) is 0 Å². The van der Waals surface area contributed by atoms with Gasteiger partial charge in [0.2, 0.25) is 0 Å². The smallest absolute Gasteiger partial charge is 0.159 e. The molecule has 1 atom stereocenters. The molecule has 1 saturated heterocycles. The zero-order chi connectivity index (χ0) is 20.6. The molecule has 0 radical (unpaired) electrons. The predicted octanol–water partition coefficient (Wildman–Crippen LogP) is 3.36. The van der Waals surface area contributed by atoms with Gasteiger partial charge in [-0.3, -0.25) is 14.6 Å². The average Bonchev–Trinajstić information content (AvgIpc) is 2.72. The van der Waals surface area contributed by atoms with Crippen molar-refractivity contribution in [1.82, 2.24) is 9.80 Å². The molecule has 0 spiro atoms. The molecule has 0 amide bonds. The Hall–Kier alpha value is -2.21. The quantitative estimate of drug-likeness (QED) is 0.659. The Labute approximate surface area is 173 Å². The SMILES string of the molecule is CCOc1ccc(CN2CCN(Cc3cccc(C(C)=O)c3)C[C@H]2CCO)cc1. The van der Waals surface area contributed by atoms with Gasteiger partial charge in [-0.2, -0.15) is 0 Å². The summed E-state index contributed by atoms with van der Waals surface area (Å²) >= 11 is 0. The lowest BCUT2D eigenvalue weighted by Crippen LogP contribution is -2.52. The van der Waals surface area contributed by atoms with Crippen LogP contribution in [0.5, 0.6) is 5.75 Å². The van der Waals surface area contributed by atoms with E-state index in [-0.39, 0.29) is 12.4 Å². The van der Waals surface area contributed by atoms with Gasteiger partial charge in [-0.05, 0) is 49.6 Å². The Balaban J connectivity index is 1.61. The molecular weight excluding hydrogens is 364 g/mol. The third-order valence-electron chi connectivity index (χ3n) is 5.51. The van der Waals surface area contributed by atoms with Gasteiger partial charge in [0.25, 0.3) is 0 Å². The minimum Gasteiger partial charge on any atom is -0.494 e. The number of ether oxygens (including phenoxy) is 1. The number of nitrogens with zero attached hydrogens (tertiary/aromatic N) is 2. The van der Waals surface area contributed by atoms with Gasteiger partial charge < -0.3 is 9.84 Å². The molecule has 0 aliphatic carbocycles. The second kappa shape index (κ2) is 10.5. The summed E-state index contributed by atoms with van der Waals surface area (Å²) in [5.74, 6) is 1.01. The molecule has 1 aliphatic rings. The molecular formula is C24H32N2O3. The summed E-state index contributed by atoms with van der Waals surface area (Å²) in [6.07, 6.45) is 0.765. The van der Waals surface area contributed by atoms with Crippen molar-refractivity contribution in [3.05, 3.63) is 65.2 Å². The Bertz CT molecular complexity index is 791. The van der Waals surface area contributed by atoms with E-state index in [0.717, 1.165) is 50.5 Å². The van der Waals surface area contributed by atoms with E-state index in [1.165, 1.54) is 11.1 Å². The third-order valence-corrected chi connectivity index (χ3v) is 5.51. The molecule has 156 valence electrons. The van der Waals surface area contributed by atoms with Crippen LogP contribution in [0.3, 0.4) is 0 Å². The van der Waals surface area contributed by atoms with Crippen LogP contribution in [0.15, 0.2) is 48.5 Å². The Morgan fingerprint density at radius 3 is 2.59 bits per heavy atom. The zero-order valence-electron chi connectivity index (χ0n) is 17.5. The molecule has 2 aromatic carbocycles. The first-order valence-electron chi connectivity index (χ1n) is 10.5. The topological polar surface area (TPSA) is 53.0 Å². The van der Waals surface area contributed by atoms with Crippen molar-refractivity contribution in [3.8, 4) is 5.75 Å². The maximum atomic E-state index is 11.6. The molecule has 1 fully saturated rings. The van der Waals surface area contributed by atoms with Crippen LogP contribution in [0.25, 0.3) is 0 Å². The molecule has 0 aromatic heterocycles. The average molecular weight is 397 g/mol. The third kappa shape index (κ3) is 6.13. The van der Waals surface area contributed by atoms with Crippen molar-refractivity contribution in [1.29, 1.82) is 0 Å². The molecule has 1 N–H and O–H groups in total. The van der Waals surface area contributed by atoms with Crippen LogP contribution in [0, 0.1) is 0 Å². The second-order valence-corrected chi connectivity index (χ2v) is 7.71. The first kappa shape index (κ1) is 21.5. The van der Waals surface area contributed by atoms with Crippen LogP contribution in [-0.2, 0) is 13.1 Å². The van der Waals surface area contributed by atoms with E-state index in [2.05, 4.69) is 28.0 Å². The largest absolute Gasteiger partial charge is 0.494 e. The highest BCUT2D eigenvalue weighted by molar-refractivity contribution is 5.94. The summed E-state index contributed by atoms with van der Waals surface area (Å²) in [7, 11) is 0. The monoisotopic (exact) mass is 396 g/mol. The van der Waals surface area contributed by atoms with Crippen LogP contribution in [0.2, 0.25) is 0 Å². The van der Waals surface area contributed by atoms with Gasteiger partial charge >= 0.3 is 0 Å². The second-order valence-electron chi connectivity index (χ2n) is 7.71. The summed E-state index contributed by atoms with van der Waals surface area (Å²) in [5, 5.41) is 9.57. The summed E-state index contributed by atoms with van der Waals surface area (Å²) < 4.78 is 5.53. The normalized spacial score (nSPS) is 18.0. The first-order valence-corrected chi connectivity index (χ1v) is 10.5. The number of aliphatic hydroxyl groups excluding tert-OH is 1. The van der Waals surface area contributed by atoms with E-state index in [4.69, 9.17) is 4.74 Å². The zero-order valence-corrected chi connectivity index (χ0v) is 17.5. The lowest BCUT2D eigenvalue weighted by molar-refractivity contribution is 0.0499. The fourth-order valence-electron chi connectivity index (χ4n) is 3.97. The maximum absolute atomic E-state index is 11.6. The molecule has 0 unspecified atom stereocenters. The molecule has 5 nitrogen and oxygen atoms in total. The van der Waals surface area contributed by atoms with Gasteiger partial charge in [0.1, 0.15) is 5.75 Å². The molecule has 1 aliphatic heterocycles. The van der Waals surface area contributed by atoms with Gasteiger partial charge in [0, 0.05) is 50.9 Å². The van der Waals surface area contributed by atoms with Crippen molar-refractivity contribution in [2.75, 3.05) is 32.8 Å². The van der Waals surface area contributed by atoms with Crippen molar-refractivity contribution in [2.45, 2.75) is 39.4 Å². The van der Waals surface area contributed by atoms with Crippen molar-refractivity contribution in [2.24, 2.45) is 0 Å². The van der Waals surface area contributed by atoms with E-state index in [0.29, 0.717) is 12.6 Å². The number of Topliss-reactive ketones (excluding diaryl/α,β-unsaturated/α-hetero) is 1. The maximum Gasteiger partial charge on any atom is 0.159 e. The number of carbonyl (C=O) groups is 1. The Morgan fingerprint density at radius 2 is 1.90 bits per heavy atom. The number of rotatable bonds is 9. The van der Waals surface area contributed by atoms with Gasteiger partial charge in [0.05, 0.1) is 6.61 Å². The number of hydrogen-bond donors (Lipinski definition) is 1. The van der Waals surface area contributed by atoms with E-state index in [1.54, 1.807) is 6.92 Å². The molecule has 0 bridgehead atoms. The van der Waals surface area contributed by atoms with E-state index in [1.807, 2.05) is 37.3 Å². The Kier molecular flexibility index (Phi) is 7.81. The van der Waals surface area contributed by atoms with Gasteiger partial charge in [-0.15, -0.1) is 0 Å². The summed E-state index contributed by atoms with van der Waals surface area (Å²) in [5.41, 5.74) is 3.20. The molecule has 29 heavy (non-hydrogen) atoms. The summed E-state index contributed by atoms with van der Waals surface area (Å²) in [6.45, 7) is 9.03. The lowest BCUT2D eigenvalue weighted by Gasteiger charge is -2.41. The summed E-state index contributed by atoms with van der Waals surface area (Å²) in [6, 6.07) is 16.5. The van der Waals surface area contributed by atoms with Crippen molar-refractivity contribution >= 4 is 5.78 Å². The Morgan fingerprint density at radius 1 is 1.10 bits per heavy atom.